The predicted octanol–water partition coefficient (Wildman–Crippen LogP) is 1.75. The molecule has 0 bridgehead atoms. The molecule has 0 unspecified atom stereocenters. The molecule has 0 saturated heterocycles. The molecule has 2 aromatic carbocycles. The van der Waals surface area contributed by atoms with Crippen LogP contribution in [-0.2, 0) is 6.18 Å². The largest absolute Gasteiger partial charge is 1.00 e. The van der Waals surface area contributed by atoms with Crippen molar-refractivity contribution in [3.8, 4) is 28.3 Å². The van der Waals surface area contributed by atoms with E-state index in [4.69, 9.17) is 0 Å². The fourth-order valence-corrected chi connectivity index (χ4v) is 3.08. The van der Waals surface area contributed by atoms with E-state index in [-0.39, 0.29) is 79.4 Å². The van der Waals surface area contributed by atoms with E-state index in [2.05, 4.69) is 10.1 Å². The maximum Gasteiger partial charge on any atom is 1.00 e. The van der Waals surface area contributed by atoms with Crippen LogP contribution >= 0.6 is 0 Å². The van der Waals surface area contributed by atoms with Gasteiger partial charge >= 0.3 is 57.6 Å². The second-order valence-electron chi connectivity index (χ2n) is 6.37. The smallest absolute Gasteiger partial charge is 0.858 e. The first-order chi connectivity index (χ1) is 13.6. The number of fused-ring (bicyclic) bond motifs is 1. The minimum absolute atomic E-state index is 0. The van der Waals surface area contributed by atoms with Crippen LogP contribution in [0.1, 0.15) is 11.3 Å². The van der Waals surface area contributed by atoms with Crippen molar-refractivity contribution in [2.24, 2.45) is 0 Å². The summed E-state index contributed by atoms with van der Waals surface area (Å²) in [5.41, 5.74) is 0.0876. The normalized spacial score (nSPS) is 11.5. The van der Waals surface area contributed by atoms with E-state index in [0.717, 1.165) is 28.8 Å². The van der Waals surface area contributed by atoms with Gasteiger partial charge < -0.3 is 5.11 Å². The van der Waals surface area contributed by atoms with Gasteiger partial charge in [-0.1, -0.05) is 12.1 Å². The zero-order valence-electron chi connectivity index (χ0n) is 15.8. The molecule has 4 rings (SSSR count). The minimum atomic E-state index is -4.49. The average Bonchev–Trinajstić information content (AvgIpc) is 2.98. The van der Waals surface area contributed by atoms with Gasteiger partial charge in [-0.15, -0.1) is 0 Å². The van der Waals surface area contributed by atoms with E-state index in [1.54, 1.807) is 6.92 Å². The molecular weight excluding hydrogens is 432 g/mol. The van der Waals surface area contributed by atoms with Crippen molar-refractivity contribution >= 4 is 5.65 Å². The Balaban J connectivity index is 0.00000256. The summed E-state index contributed by atoms with van der Waals surface area (Å²) < 4.78 is 66.8. The van der Waals surface area contributed by atoms with Gasteiger partial charge in [0.05, 0.1) is 22.5 Å². The van der Waals surface area contributed by atoms with Crippen LogP contribution in [0.15, 0.2) is 48.5 Å². The summed E-state index contributed by atoms with van der Waals surface area (Å²) in [4.78, 5) is 4.32. The van der Waals surface area contributed by atoms with Gasteiger partial charge in [0, 0.05) is 17.2 Å². The van der Waals surface area contributed by atoms with Crippen LogP contribution in [0.2, 0.25) is 0 Å². The molecule has 0 aliphatic heterocycles. The number of hydrogen-bond acceptors (Lipinski definition) is 3. The molecule has 0 aliphatic carbocycles. The van der Waals surface area contributed by atoms with Crippen molar-refractivity contribution < 1.29 is 78.4 Å². The third-order valence-corrected chi connectivity index (χ3v) is 4.44. The summed E-state index contributed by atoms with van der Waals surface area (Å²) in [7, 11) is 0. The Morgan fingerprint density at radius 2 is 1.63 bits per heavy atom. The first-order valence-electron chi connectivity index (χ1n) is 8.35. The molecule has 4 aromatic rings. The molecule has 0 fully saturated rings. The molecule has 4 nitrogen and oxygen atoms in total. The second kappa shape index (κ2) is 8.35. The van der Waals surface area contributed by atoms with Gasteiger partial charge in [-0.25, -0.2) is 18.3 Å². The van der Waals surface area contributed by atoms with E-state index < -0.39 is 29.3 Å². The number of halogens is 5. The first kappa shape index (κ1) is 22.8. The number of alkyl halides is 3. The van der Waals surface area contributed by atoms with E-state index in [0.29, 0.717) is 11.8 Å². The fourth-order valence-electron chi connectivity index (χ4n) is 3.08. The minimum Gasteiger partial charge on any atom is -0.858 e. The van der Waals surface area contributed by atoms with Crippen LogP contribution < -0.4 is 56.5 Å². The zero-order valence-corrected chi connectivity index (χ0v) is 18.9. The molecule has 0 radical (unpaired) electrons. The van der Waals surface area contributed by atoms with Crippen LogP contribution in [0.3, 0.4) is 0 Å². The van der Waals surface area contributed by atoms with Gasteiger partial charge in [-0.3, -0.25) is 0 Å². The summed E-state index contributed by atoms with van der Waals surface area (Å²) in [6.45, 7) is 1.55. The van der Waals surface area contributed by atoms with Crippen molar-refractivity contribution in [2.45, 2.75) is 13.1 Å². The molecule has 0 amide bonds. The van der Waals surface area contributed by atoms with Crippen LogP contribution in [0.5, 0.6) is 5.88 Å². The third kappa shape index (κ3) is 4.15. The van der Waals surface area contributed by atoms with Crippen molar-refractivity contribution in [2.75, 3.05) is 0 Å². The molecule has 148 valence electrons. The SMILES string of the molecule is Cc1nn2c([O-])cc(-c3ccc(C(F)(F)F)cc3)nc2c1-c1ccc(F)cc1F.[K+]. The Labute approximate surface area is 209 Å². The Bertz CT molecular complexity index is 1240. The fraction of sp³-hybridized carbons (Fsp3) is 0.100. The maximum absolute atomic E-state index is 14.3. The van der Waals surface area contributed by atoms with E-state index >= 15 is 0 Å². The first-order valence-corrected chi connectivity index (χ1v) is 8.35. The number of rotatable bonds is 2. The Kier molecular flexibility index (Phi) is 6.35. The predicted molar refractivity (Wildman–Crippen MR) is 93.0 cm³/mol. The molecule has 2 heterocycles. The summed E-state index contributed by atoms with van der Waals surface area (Å²) >= 11 is 0. The second-order valence-corrected chi connectivity index (χ2v) is 6.37. The number of benzene rings is 2. The van der Waals surface area contributed by atoms with Gasteiger partial charge in [-0.2, -0.15) is 18.3 Å². The van der Waals surface area contributed by atoms with Crippen molar-refractivity contribution in [1.82, 2.24) is 14.6 Å². The van der Waals surface area contributed by atoms with Gasteiger partial charge in [0.25, 0.3) is 0 Å². The standard InChI is InChI=1S/C20H12F5N3O.K/c1-10-18(14-7-6-13(21)8-15(14)22)19-26-16(9-17(29)28(19)27-10)11-2-4-12(5-3-11)20(23,24)25;/h2-9,29H,1H3;/q;+1/p-1. The topological polar surface area (TPSA) is 53.2 Å². The molecule has 0 spiro atoms. The van der Waals surface area contributed by atoms with E-state index in [1.807, 2.05) is 0 Å². The number of aromatic nitrogens is 3. The van der Waals surface area contributed by atoms with Gasteiger partial charge in [-0.05, 0) is 43.1 Å². The van der Waals surface area contributed by atoms with Gasteiger partial charge in [0.2, 0.25) is 0 Å². The molecule has 0 N–H and O–H groups in total. The Morgan fingerprint density at radius 1 is 0.967 bits per heavy atom. The quantitative estimate of drug-likeness (QED) is 0.351. The monoisotopic (exact) mass is 443 g/mol. The third-order valence-electron chi connectivity index (χ3n) is 4.44. The van der Waals surface area contributed by atoms with Crippen LogP contribution in [-0.4, -0.2) is 14.6 Å². The maximum atomic E-state index is 14.3. The van der Waals surface area contributed by atoms with E-state index in [9.17, 15) is 27.1 Å². The van der Waals surface area contributed by atoms with Crippen LogP contribution in [0.4, 0.5) is 22.0 Å². The van der Waals surface area contributed by atoms with Crippen LogP contribution in [0, 0.1) is 18.6 Å². The van der Waals surface area contributed by atoms with Crippen molar-refractivity contribution in [1.29, 1.82) is 0 Å². The Morgan fingerprint density at radius 3 is 2.23 bits per heavy atom. The van der Waals surface area contributed by atoms with Crippen LogP contribution in [0.25, 0.3) is 28.0 Å². The summed E-state index contributed by atoms with van der Waals surface area (Å²) in [6.07, 6.45) is -4.49. The zero-order chi connectivity index (χ0) is 20.9. The number of aryl methyl sites for hydroxylation is 1. The van der Waals surface area contributed by atoms with Gasteiger partial charge in [0.1, 0.15) is 11.6 Å². The van der Waals surface area contributed by atoms with Gasteiger partial charge in [0.15, 0.2) is 5.65 Å². The number of hydrogen-bond donors (Lipinski definition) is 0. The summed E-state index contributed by atoms with van der Waals surface area (Å²) in [5.74, 6) is -2.19. The Hall–Kier alpha value is -1.85. The molecule has 2 aromatic heterocycles. The summed E-state index contributed by atoms with van der Waals surface area (Å²) in [6, 6.07) is 8.28. The van der Waals surface area contributed by atoms with Crippen molar-refractivity contribution in [3.05, 3.63) is 71.4 Å². The van der Waals surface area contributed by atoms with Crippen molar-refractivity contribution in [3.63, 3.8) is 0 Å². The molecule has 30 heavy (non-hydrogen) atoms. The molecular formula is C20H11F5KN3O. The van der Waals surface area contributed by atoms with E-state index in [1.165, 1.54) is 18.2 Å². The molecule has 0 aliphatic rings. The molecule has 0 atom stereocenters. The molecule has 0 saturated carbocycles. The summed E-state index contributed by atoms with van der Waals surface area (Å²) in [5, 5.41) is 16.5. The number of nitrogens with zero attached hydrogens (tertiary/aromatic N) is 3. The average molecular weight is 443 g/mol. The molecule has 10 heteroatoms.